The van der Waals surface area contributed by atoms with Gasteiger partial charge in [0.1, 0.15) is 5.76 Å². The van der Waals surface area contributed by atoms with Gasteiger partial charge in [0.05, 0.1) is 11.9 Å². The topological polar surface area (TPSA) is 35.5 Å². The predicted molar refractivity (Wildman–Crippen MR) is 120 cm³/mol. The van der Waals surface area contributed by atoms with E-state index in [0.29, 0.717) is 21.1 Å². The molecule has 1 aliphatic heterocycles. The number of aryl methyl sites for hydroxylation is 1. The van der Waals surface area contributed by atoms with Gasteiger partial charge in [-0.25, -0.2) is 4.57 Å². The molecular formula is C23H19Cl2O3P. The Hall–Kier alpha value is -2.03. The number of benzene rings is 3. The first-order valence-electron chi connectivity index (χ1n) is 9.23. The summed E-state index contributed by atoms with van der Waals surface area (Å²) in [6.07, 6.45) is 0. The molecule has 4 rings (SSSR count). The summed E-state index contributed by atoms with van der Waals surface area (Å²) in [5.41, 5.74) is 4.16. The lowest BCUT2D eigenvalue weighted by molar-refractivity contribution is 0.279. The van der Waals surface area contributed by atoms with Crippen LogP contribution in [-0.4, -0.2) is 6.61 Å². The lowest BCUT2D eigenvalue weighted by atomic mass is 9.93. The van der Waals surface area contributed by atoms with Gasteiger partial charge in [0.25, 0.3) is 0 Å². The normalized spacial score (nSPS) is 18.3. The Morgan fingerprint density at radius 2 is 1.59 bits per heavy atom. The van der Waals surface area contributed by atoms with Crippen LogP contribution in [0.5, 0.6) is 0 Å². The van der Waals surface area contributed by atoms with Crippen molar-refractivity contribution in [2.75, 3.05) is 6.61 Å². The minimum atomic E-state index is -3.57. The third kappa shape index (κ3) is 3.89. The summed E-state index contributed by atoms with van der Waals surface area (Å²) in [5.74, 6) is 0.461. The minimum absolute atomic E-state index is 0.264. The van der Waals surface area contributed by atoms with Gasteiger partial charge in [-0.2, -0.15) is 0 Å². The van der Waals surface area contributed by atoms with Crippen LogP contribution in [0.25, 0.3) is 11.3 Å². The van der Waals surface area contributed by atoms with Crippen LogP contribution in [-0.2, 0) is 13.6 Å². The molecule has 3 aromatic rings. The van der Waals surface area contributed by atoms with E-state index >= 15 is 0 Å². The Labute approximate surface area is 180 Å². The van der Waals surface area contributed by atoms with Crippen molar-refractivity contribution < 1.29 is 13.6 Å². The van der Waals surface area contributed by atoms with Crippen LogP contribution in [0.3, 0.4) is 0 Å². The molecule has 1 aliphatic rings. The van der Waals surface area contributed by atoms with E-state index in [9.17, 15) is 4.57 Å². The molecule has 0 aromatic heterocycles. The van der Waals surface area contributed by atoms with E-state index in [4.69, 9.17) is 32.2 Å². The van der Waals surface area contributed by atoms with Crippen molar-refractivity contribution in [1.29, 1.82) is 0 Å². The van der Waals surface area contributed by atoms with Crippen molar-refractivity contribution >= 4 is 47.4 Å². The fourth-order valence-electron chi connectivity index (χ4n) is 3.44. The first-order valence-corrected chi connectivity index (χ1v) is 11.5. The quantitative estimate of drug-likeness (QED) is 0.402. The molecule has 0 spiro atoms. The molecule has 0 bridgehead atoms. The molecule has 29 heavy (non-hydrogen) atoms. The Bertz CT molecular complexity index is 1170. The monoisotopic (exact) mass is 444 g/mol. The zero-order valence-corrected chi connectivity index (χ0v) is 18.4. The maximum absolute atomic E-state index is 13.8. The van der Waals surface area contributed by atoms with Gasteiger partial charge in [-0.15, -0.1) is 0 Å². The Kier molecular flexibility index (Phi) is 5.59. The molecule has 1 heterocycles. The molecule has 3 nitrogen and oxygen atoms in total. The lowest BCUT2D eigenvalue weighted by Crippen LogP contribution is -2.21. The largest absolute Gasteiger partial charge is 0.420 e. The summed E-state index contributed by atoms with van der Waals surface area (Å²) >= 11 is 12.5. The molecule has 1 unspecified atom stereocenters. The van der Waals surface area contributed by atoms with Crippen molar-refractivity contribution in [1.82, 2.24) is 0 Å². The van der Waals surface area contributed by atoms with Crippen molar-refractivity contribution in [2.45, 2.75) is 13.8 Å². The zero-order valence-electron chi connectivity index (χ0n) is 16.0. The Morgan fingerprint density at radius 3 is 2.24 bits per heavy atom. The van der Waals surface area contributed by atoms with Crippen LogP contribution < -0.4 is 5.30 Å². The summed E-state index contributed by atoms with van der Waals surface area (Å²) in [5, 5.41) is 1.72. The smallest absolute Gasteiger partial charge is 0.411 e. The fourth-order valence-corrected chi connectivity index (χ4v) is 5.73. The van der Waals surface area contributed by atoms with Crippen molar-refractivity contribution in [3.05, 3.63) is 99.0 Å². The molecule has 6 heteroatoms. The third-order valence-corrected chi connectivity index (χ3v) is 7.11. The highest BCUT2D eigenvalue weighted by atomic mass is 35.5. The summed E-state index contributed by atoms with van der Waals surface area (Å²) in [7, 11) is -3.57. The molecular weight excluding hydrogens is 426 g/mol. The first kappa shape index (κ1) is 20.3. The van der Waals surface area contributed by atoms with Crippen molar-refractivity contribution in [3.63, 3.8) is 0 Å². The van der Waals surface area contributed by atoms with Gasteiger partial charge < -0.3 is 4.52 Å². The second kappa shape index (κ2) is 8.01. The molecule has 1 atom stereocenters. The second-order valence-electron chi connectivity index (χ2n) is 6.75. The number of rotatable bonds is 4. The number of fused-ring (bicyclic) bond motifs is 1. The third-order valence-electron chi connectivity index (χ3n) is 4.66. The molecule has 0 amide bonds. The maximum atomic E-state index is 13.8. The van der Waals surface area contributed by atoms with Crippen LogP contribution in [0.1, 0.15) is 29.2 Å². The molecule has 0 N–H and O–H groups in total. The molecule has 148 valence electrons. The Morgan fingerprint density at radius 1 is 0.931 bits per heavy atom. The van der Waals surface area contributed by atoms with Crippen LogP contribution in [0, 0.1) is 6.92 Å². The van der Waals surface area contributed by atoms with Crippen LogP contribution in [0.2, 0.25) is 10.0 Å². The van der Waals surface area contributed by atoms with Crippen molar-refractivity contribution in [2.24, 2.45) is 0 Å². The summed E-state index contributed by atoms with van der Waals surface area (Å²) in [6, 6.07) is 20.6. The van der Waals surface area contributed by atoms with Crippen molar-refractivity contribution in [3.8, 4) is 0 Å². The SMILES string of the molecule is CCOP1(=O)OC(c2cccc(Cl)c2)=C(c2cccc(Cl)c2)c2ccc(C)cc21. The average Bonchev–Trinajstić information content (AvgIpc) is 2.68. The Balaban J connectivity index is 2.08. The summed E-state index contributed by atoms with van der Waals surface area (Å²) in [4.78, 5) is 0. The van der Waals surface area contributed by atoms with E-state index in [1.165, 1.54) is 0 Å². The minimum Gasteiger partial charge on any atom is -0.420 e. The molecule has 0 saturated heterocycles. The number of hydrogen-bond donors (Lipinski definition) is 0. The van der Waals surface area contributed by atoms with E-state index in [1.807, 2.05) is 61.5 Å². The standard InChI is InChI=1S/C23H19Cl2O3P/c1-3-27-29(26)21-12-15(2)10-11-20(21)22(16-6-4-8-18(24)13-16)23(28-29)17-7-5-9-19(25)14-17/h4-14H,3H2,1-2H3. The lowest BCUT2D eigenvalue weighted by Gasteiger charge is -2.30. The summed E-state index contributed by atoms with van der Waals surface area (Å²) < 4.78 is 25.6. The second-order valence-corrected chi connectivity index (χ2v) is 9.54. The van der Waals surface area contributed by atoms with Crippen LogP contribution >= 0.6 is 30.8 Å². The van der Waals surface area contributed by atoms with Gasteiger partial charge in [0.15, 0.2) is 0 Å². The number of hydrogen-bond acceptors (Lipinski definition) is 3. The average molecular weight is 445 g/mol. The molecule has 3 aromatic carbocycles. The van der Waals surface area contributed by atoms with E-state index in [0.717, 1.165) is 27.8 Å². The van der Waals surface area contributed by atoms with Crippen LogP contribution in [0.15, 0.2) is 66.7 Å². The fraction of sp³-hybridized carbons (Fsp3) is 0.130. The van der Waals surface area contributed by atoms with Gasteiger partial charge in [0, 0.05) is 26.7 Å². The van der Waals surface area contributed by atoms with E-state index in [1.54, 1.807) is 19.1 Å². The number of halogens is 2. The summed E-state index contributed by atoms with van der Waals surface area (Å²) in [6.45, 7) is 4.01. The highest BCUT2D eigenvalue weighted by Gasteiger charge is 2.39. The van der Waals surface area contributed by atoms with Gasteiger partial charge in [0.2, 0.25) is 0 Å². The van der Waals surface area contributed by atoms with Gasteiger partial charge in [-0.05, 0) is 49.7 Å². The highest BCUT2D eigenvalue weighted by molar-refractivity contribution is 7.62. The van der Waals surface area contributed by atoms with Gasteiger partial charge >= 0.3 is 7.60 Å². The highest BCUT2D eigenvalue weighted by Crippen LogP contribution is 2.57. The van der Waals surface area contributed by atoms with Gasteiger partial charge in [-0.1, -0.05) is 65.2 Å². The zero-order chi connectivity index (χ0) is 20.6. The predicted octanol–water partition coefficient (Wildman–Crippen LogP) is 7.10. The van der Waals surface area contributed by atoms with Crippen LogP contribution in [0.4, 0.5) is 0 Å². The van der Waals surface area contributed by atoms with E-state index < -0.39 is 7.60 Å². The van der Waals surface area contributed by atoms with Gasteiger partial charge in [-0.3, -0.25) is 4.52 Å². The first-order chi connectivity index (χ1) is 13.9. The molecule has 0 fully saturated rings. The molecule has 0 aliphatic carbocycles. The van der Waals surface area contributed by atoms with E-state index in [-0.39, 0.29) is 6.61 Å². The molecule has 0 radical (unpaired) electrons. The van der Waals surface area contributed by atoms with E-state index in [2.05, 4.69) is 0 Å². The maximum Gasteiger partial charge on any atom is 0.411 e. The molecule has 0 saturated carbocycles.